The summed E-state index contributed by atoms with van der Waals surface area (Å²) < 4.78 is 3.50. The van der Waals surface area contributed by atoms with E-state index < -0.39 is 0 Å². The first-order valence-corrected chi connectivity index (χ1v) is 9.29. The summed E-state index contributed by atoms with van der Waals surface area (Å²) in [5.74, 6) is 0.690. The van der Waals surface area contributed by atoms with Gasteiger partial charge in [-0.05, 0) is 72.1 Å². The predicted octanol–water partition coefficient (Wildman–Crippen LogP) is 4.55. The minimum Gasteiger partial charge on any atom is -0.326 e. The Kier molecular flexibility index (Phi) is 5.64. The van der Waals surface area contributed by atoms with Gasteiger partial charge in [0.1, 0.15) is 0 Å². The number of aryl methyl sites for hydroxylation is 1. The number of aromatic nitrogens is 3. The van der Waals surface area contributed by atoms with Crippen LogP contribution in [0.15, 0.2) is 48.5 Å². The van der Waals surface area contributed by atoms with Crippen molar-refractivity contribution in [2.24, 2.45) is 0 Å². The van der Waals surface area contributed by atoms with E-state index in [9.17, 15) is 4.79 Å². The maximum atomic E-state index is 12.2. The van der Waals surface area contributed by atoms with Gasteiger partial charge in [0.2, 0.25) is 5.91 Å². The van der Waals surface area contributed by atoms with Crippen LogP contribution in [0, 0.1) is 15.3 Å². The van der Waals surface area contributed by atoms with Crippen LogP contribution in [-0.4, -0.2) is 20.7 Å². The summed E-state index contributed by atoms with van der Waals surface area (Å²) in [6.07, 6.45) is 0.318. The number of anilines is 1. The Balaban J connectivity index is 1.71. The zero-order chi connectivity index (χ0) is 17.8. The van der Waals surface area contributed by atoms with Crippen molar-refractivity contribution in [1.29, 1.82) is 0 Å². The predicted molar refractivity (Wildman–Crippen MR) is 110 cm³/mol. The van der Waals surface area contributed by atoms with E-state index >= 15 is 0 Å². The number of rotatable bonds is 5. The number of nitrogens with one attached hydrogen (secondary N) is 2. The Morgan fingerprint density at radius 3 is 2.76 bits per heavy atom. The molecule has 3 rings (SSSR count). The van der Waals surface area contributed by atoms with E-state index in [-0.39, 0.29) is 5.91 Å². The van der Waals surface area contributed by atoms with Gasteiger partial charge in [-0.15, -0.1) is 0 Å². The molecule has 128 valence electrons. The van der Waals surface area contributed by atoms with Gasteiger partial charge in [-0.2, -0.15) is 5.10 Å². The van der Waals surface area contributed by atoms with E-state index in [1.165, 1.54) is 0 Å². The first-order chi connectivity index (χ1) is 12.0. The molecule has 0 fully saturated rings. The molecular formula is C18H17IN4OS. The number of halogens is 1. The summed E-state index contributed by atoms with van der Waals surface area (Å²) >= 11 is 7.54. The number of carbonyl (C=O) groups excluding carboxylic acids is 1. The number of carbonyl (C=O) groups is 1. The Bertz CT molecular complexity index is 946. The van der Waals surface area contributed by atoms with E-state index in [4.69, 9.17) is 12.2 Å². The number of hydrogen-bond donors (Lipinski definition) is 2. The first kappa shape index (κ1) is 17.8. The molecule has 0 aliphatic rings. The zero-order valence-electron chi connectivity index (χ0n) is 13.6. The summed E-state index contributed by atoms with van der Waals surface area (Å²) in [6.45, 7) is 2.50. The molecule has 5 nitrogen and oxygen atoms in total. The number of amides is 1. The van der Waals surface area contributed by atoms with Crippen molar-refractivity contribution in [2.75, 3.05) is 5.32 Å². The average molecular weight is 464 g/mol. The second-order valence-corrected chi connectivity index (χ2v) is 7.31. The third-order valence-electron chi connectivity index (χ3n) is 3.72. The molecule has 1 heterocycles. The van der Waals surface area contributed by atoms with Crippen LogP contribution >= 0.6 is 34.8 Å². The van der Waals surface area contributed by atoms with Gasteiger partial charge in [0.05, 0.1) is 0 Å². The molecule has 0 aliphatic heterocycles. The van der Waals surface area contributed by atoms with E-state index in [1.54, 1.807) is 0 Å². The van der Waals surface area contributed by atoms with E-state index in [1.807, 2.05) is 60.0 Å². The third-order valence-corrected chi connectivity index (χ3v) is 4.76. The SMILES string of the molecule is Cc1cccc(-c2n[nH]c(=S)n2CCC(=O)Nc2ccc(I)cc2)c1. The fraction of sp³-hybridized carbons (Fsp3) is 0.167. The summed E-state index contributed by atoms with van der Waals surface area (Å²) in [5.41, 5.74) is 2.92. The van der Waals surface area contributed by atoms with Crippen LogP contribution in [0.1, 0.15) is 12.0 Å². The smallest absolute Gasteiger partial charge is 0.226 e. The van der Waals surface area contributed by atoms with Gasteiger partial charge in [0, 0.05) is 27.8 Å². The molecule has 0 saturated heterocycles. The van der Waals surface area contributed by atoms with Crippen molar-refractivity contribution < 1.29 is 4.79 Å². The molecule has 0 radical (unpaired) electrons. The summed E-state index contributed by atoms with van der Waals surface area (Å²) in [7, 11) is 0. The topological polar surface area (TPSA) is 62.7 Å². The highest BCUT2D eigenvalue weighted by atomic mass is 127. The maximum absolute atomic E-state index is 12.2. The molecule has 0 bridgehead atoms. The van der Waals surface area contributed by atoms with Crippen LogP contribution in [-0.2, 0) is 11.3 Å². The lowest BCUT2D eigenvalue weighted by Crippen LogP contribution is -2.15. The summed E-state index contributed by atoms with van der Waals surface area (Å²) in [4.78, 5) is 12.2. The highest BCUT2D eigenvalue weighted by Crippen LogP contribution is 2.19. The maximum Gasteiger partial charge on any atom is 0.226 e. The highest BCUT2D eigenvalue weighted by molar-refractivity contribution is 14.1. The van der Waals surface area contributed by atoms with Crippen molar-refractivity contribution in [1.82, 2.24) is 14.8 Å². The Morgan fingerprint density at radius 1 is 1.28 bits per heavy atom. The number of aromatic amines is 1. The van der Waals surface area contributed by atoms with Crippen molar-refractivity contribution in [3.63, 3.8) is 0 Å². The number of H-pyrrole nitrogens is 1. The molecule has 0 aliphatic carbocycles. The van der Waals surface area contributed by atoms with E-state index in [0.29, 0.717) is 17.7 Å². The lowest BCUT2D eigenvalue weighted by atomic mass is 10.1. The molecule has 0 saturated carbocycles. The molecule has 0 spiro atoms. The lowest BCUT2D eigenvalue weighted by Gasteiger charge is -2.08. The van der Waals surface area contributed by atoms with Gasteiger partial charge in [0.25, 0.3) is 0 Å². The number of nitrogens with zero attached hydrogens (tertiary/aromatic N) is 2. The minimum absolute atomic E-state index is 0.0560. The third kappa shape index (κ3) is 4.55. The van der Waals surface area contributed by atoms with Crippen LogP contribution in [0.3, 0.4) is 0 Å². The largest absolute Gasteiger partial charge is 0.326 e. The zero-order valence-corrected chi connectivity index (χ0v) is 16.6. The molecule has 2 N–H and O–H groups in total. The molecular weight excluding hydrogens is 447 g/mol. The standard InChI is InChI=1S/C18H17IN4OS/c1-12-3-2-4-13(11-12)17-21-22-18(25)23(17)10-9-16(24)20-15-7-5-14(19)6-8-15/h2-8,11H,9-10H2,1H3,(H,20,24)(H,22,25). The van der Waals surface area contributed by atoms with Gasteiger partial charge >= 0.3 is 0 Å². The Hall–Kier alpha value is -2.00. The van der Waals surface area contributed by atoms with Gasteiger partial charge in [-0.25, -0.2) is 0 Å². The molecule has 0 unspecified atom stereocenters. The van der Waals surface area contributed by atoms with Crippen LogP contribution in [0.5, 0.6) is 0 Å². The Labute approximate surface area is 164 Å². The van der Waals surface area contributed by atoms with Crippen molar-refractivity contribution in [2.45, 2.75) is 19.9 Å². The molecule has 3 aromatic rings. The minimum atomic E-state index is -0.0560. The van der Waals surface area contributed by atoms with Gasteiger partial charge in [0.15, 0.2) is 10.6 Å². The Morgan fingerprint density at radius 2 is 2.04 bits per heavy atom. The van der Waals surface area contributed by atoms with Crippen molar-refractivity contribution >= 4 is 46.4 Å². The fourth-order valence-electron chi connectivity index (χ4n) is 2.50. The monoisotopic (exact) mass is 464 g/mol. The first-order valence-electron chi connectivity index (χ1n) is 7.80. The molecule has 2 aromatic carbocycles. The van der Waals surface area contributed by atoms with Crippen LogP contribution in [0.2, 0.25) is 0 Å². The van der Waals surface area contributed by atoms with Gasteiger partial charge in [-0.3, -0.25) is 14.5 Å². The normalized spacial score (nSPS) is 10.6. The van der Waals surface area contributed by atoms with Gasteiger partial charge < -0.3 is 5.32 Å². The molecule has 0 atom stereocenters. The van der Waals surface area contributed by atoms with Crippen molar-refractivity contribution in [3.05, 3.63) is 62.4 Å². The second-order valence-electron chi connectivity index (χ2n) is 5.68. The van der Waals surface area contributed by atoms with E-state index in [0.717, 1.165) is 26.2 Å². The molecule has 1 aromatic heterocycles. The second kappa shape index (κ2) is 7.92. The molecule has 1 amide bonds. The summed E-state index contributed by atoms with van der Waals surface area (Å²) in [6, 6.07) is 15.7. The van der Waals surface area contributed by atoms with Gasteiger partial charge in [-0.1, -0.05) is 23.8 Å². The summed E-state index contributed by atoms with van der Waals surface area (Å²) in [5, 5.41) is 10.0. The molecule has 7 heteroatoms. The highest BCUT2D eigenvalue weighted by Gasteiger charge is 2.11. The number of hydrogen-bond acceptors (Lipinski definition) is 3. The number of benzene rings is 2. The fourth-order valence-corrected chi connectivity index (χ4v) is 3.08. The van der Waals surface area contributed by atoms with Crippen LogP contribution in [0.25, 0.3) is 11.4 Å². The van der Waals surface area contributed by atoms with E-state index in [2.05, 4.69) is 38.1 Å². The van der Waals surface area contributed by atoms with Crippen LogP contribution in [0.4, 0.5) is 5.69 Å². The molecule has 25 heavy (non-hydrogen) atoms. The average Bonchev–Trinajstić information content (AvgIpc) is 2.96. The lowest BCUT2D eigenvalue weighted by molar-refractivity contribution is -0.116. The van der Waals surface area contributed by atoms with Crippen LogP contribution < -0.4 is 5.32 Å². The quantitative estimate of drug-likeness (QED) is 0.430. The van der Waals surface area contributed by atoms with Crippen molar-refractivity contribution in [3.8, 4) is 11.4 Å².